The number of imidazole rings is 1. The lowest BCUT2D eigenvalue weighted by molar-refractivity contribution is 0.0909. The molecule has 0 radical (unpaired) electrons. The van der Waals surface area contributed by atoms with Crippen LogP contribution in [0.5, 0.6) is 11.5 Å². The molecule has 0 spiro atoms. The Morgan fingerprint density at radius 1 is 1.33 bits per heavy atom. The van der Waals surface area contributed by atoms with Gasteiger partial charge >= 0.3 is 0 Å². The Hall–Kier alpha value is -2.01. The molecule has 1 aromatic heterocycles. The lowest BCUT2D eigenvalue weighted by Gasteiger charge is -2.15. The van der Waals surface area contributed by atoms with Crippen LogP contribution < -0.4 is 9.47 Å². The van der Waals surface area contributed by atoms with Crippen LogP contribution in [0.15, 0.2) is 36.9 Å². The van der Waals surface area contributed by atoms with Crippen molar-refractivity contribution in [3.8, 4) is 11.5 Å². The van der Waals surface area contributed by atoms with E-state index in [0.29, 0.717) is 18.0 Å². The van der Waals surface area contributed by atoms with Gasteiger partial charge in [-0.05, 0) is 24.1 Å². The summed E-state index contributed by atoms with van der Waals surface area (Å²) in [6.07, 6.45) is 6.67. The summed E-state index contributed by atoms with van der Waals surface area (Å²) in [5.74, 6) is 1.36. The monoisotopic (exact) mass is 290 g/mol. The summed E-state index contributed by atoms with van der Waals surface area (Å²) in [7, 11) is 1.62. The van der Waals surface area contributed by atoms with Crippen LogP contribution in [-0.4, -0.2) is 34.5 Å². The fourth-order valence-electron chi connectivity index (χ4n) is 2.15. The summed E-state index contributed by atoms with van der Waals surface area (Å²) in [6.45, 7) is 2.81. The van der Waals surface area contributed by atoms with Crippen LogP contribution in [0.1, 0.15) is 18.9 Å². The highest BCUT2D eigenvalue weighted by molar-refractivity contribution is 5.43. The quantitative estimate of drug-likeness (QED) is 0.810. The fraction of sp³-hybridized carbons (Fsp3) is 0.438. The third-order valence-corrected chi connectivity index (χ3v) is 3.18. The van der Waals surface area contributed by atoms with E-state index in [1.807, 2.05) is 29.0 Å². The molecule has 1 N–H and O–H groups in total. The van der Waals surface area contributed by atoms with Gasteiger partial charge in [0, 0.05) is 12.4 Å². The van der Waals surface area contributed by atoms with E-state index in [4.69, 9.17) is 9.47 Å². The Morgan fingerprint density at radius 2 is 2.19 bits per heavy atom. The maximum atomic E-state index is 9.97. The van der Waals surface area contributed by atoms with Crippen molar-refractivity contribution in [3.63, 3.8) is 0 Å². The SMILES string of the molecule is CCCc1ccc(OCC(O)Cn2ccnc2)c(OC)c1. The average Bonchev–Trinajstić information content (AvgIpc) is 2.99. The first-order valence-corrected chi connectivity index (χ1v) is 7.16. The Kier molecular flexibility index (Phi) is 5.63. The highest BCUT2D eigenvalue weighted by atomic mass is 16.5. The molecule has 0 saturated carbocycles. The minimum absolute atomic E-state index is 0.210. The first kappa shape index (κ1) is 15.4. The summed E-state index contributed by atoms with van der Waals surface area (Å²) in [6, 6.07) is 5.92. The van der Waals surface area contributed by atoms with Gasteiger partial charge in [0.2, 0.25) is 0 Å². The standard InChI is InChI=1S/C16H22N2O3/c1-3-4-13-5-6-15(16(9-13)20-2)21-11-14(19)10-18-8-7-17-12-18/h5-9,12,14,19H,3-4,10-11H2,1-2H3. The van der Waals surface area contributed by atoms with Crippen molar-refractivity contribution in [2.45, 2.75) is 32.4 Å². The molecule has 0 aliphatic carbocycles. The second-order valence-electron chi connectivity index (χ2n) is 4.96. The highest BCUT2D eigenvalue weighted by Gasteiger charge is 2.10. The molecule has 1 heterocycles. The second-order valence-corrected chi connectivity index (χ2v) is 4.96. The third-order valence-electron chi connectivity index (χ3n) is 3.18. The maximum Gasteiger partial charge on any atom is 0.161 e. The van der Waals surface area contributed by atoms with Crippen LogP contribution in [-0.2, 0) is 13.0 Å². The number of benzene rings is 1. The number of aliphatic hydroxyl groups excluding tert-OH is 1. The Morgan fingerprint density at radius 3 is 2.86 bits per heavy atom. The summed E-state index contributed by atoms with van der Waals surface area (Å²) in [4.78, 5) is 3.94. The van der Waals surface area contributed by atoms with Gasteiger partial charge in [0.05, 0.1) is 20.0 Å². The predicted molar refractivity (Wildman–Crippen MR) is 80.7 cm³/mol. The predicted octanol–water partition coefficient (Wildman–Crippen LogP) is 2.28. The zero-order chi connectivity index (χ0) is 15.1. The topological polar surface area (TPSA) is 56.5 Å². The van der Waals surface area contributed by atoms with E-state index in [2.05, 4.69) is 11.9 Å². The molecule has 0 aliphatic rings. The molecule has 0 amide bonds. The highest BCUT2D eigenvalue weighted by Crippen LogP contribution is 2.28. The lowest BCUT2D eigenvalue weighted by Crippen LogP contribution is -2.23. The van der Waals surface area contributed by atoms with Gasteiger partial charge in [-0.15, -0.1) is 0 Å². The number of aliphatic hydroxyl groups is 1. The number of hydrogen-bond donors (Lipinski definition) is 1. The molecule has 5 heteroatoms. The van der Waals surface area contributed by atoms with E-state index in [1.54, 1.807) is 19.6 Å². The van der Waals surface area contributed by atoms with Gasteiger partial charge in [0.25, 0.3) is 0 Å². The molecular weight excluding hydrogens is 268 g/mol. The number of nitrogens with zero attached hydrogens (tertiary/aromatic N) is 2. The number of rotatable bonds is 8. The van der Waals surface area contributed by atoms with E-state index in [-0.39, 0.29) is 6.61 Å². The van der Waals surface area contributed by atoms with Crippen molar-refractivity contribution in [2.24, 2.45) is 0 Å². The summed E-state index contributed by atoms with van der Waals surface area (Å²) in [5.41, 5.74) is 1.22. The van der Waals surface area contributed by atoms with Crippen LogP contribution in [0.4, 0.5) is 0 Å². The molecule has 0 fully saturated rings. The summed E-state index contributed by atoms with van der Waals surface area (Å²) in [5, 5.41) is 9.97. The maximum absolute atomic E-state index is 9.97. The van der Waals surface area contributed by atoms with Crippen molar-refractivity contribution in [1.29, 1.82) is 0 Å². The van der Waals surface area contributed by atoms with E-state index >= 15 is 0 Å². The Bertz CT molecular complexity index is 540. The van der Waals surface area contributed by atoms with Gasteiger partial charge < -0.3 is 19.1 Å². The molecule has 1 aromatic carbocycles. The molecule has 2 rings (SSSR count). The van der Waals surface area contributed by atoms with Crippen LogP contribution in [0.2, 0.25) is 0 Å². The largest absolute Gasteiger partial charge is 0.493 e. The third kappa shape index (κ3) is 4.49. The van der Waals surface area contributed by atoms with Gasteiger partial charge in [0.1, 0.15) is 12.7 Å². The number of aryl methyl sites for hydroxylation is 1. The molecule has 0 saturated heterocycles. The molecule has 114 valence electrons. The lowest BCUT2D eigenvalue weighted by atomic mass is 10.1. The van der Waals surface area contributed by atoms with Crippen LogP contribution in [0.3, 0.4) is 0 Å². The molecule has 0 aliphatic heterocycles. The van der Waals surface area contributed by atoms with Crippen molar-refractivity contribution >= 4 is 0 Å². The van der Waals surface area contributed by atoms with Gasteiger partial charge in [-0.25, -0.2) is 4.98 Å². The molecule has 1 unspecified atom stereocenters. The number of ether oxygens (including phenoxy) is 2. The summed E-state index contributed by atoms with van der Waals surface area (Å²) < 4.78 is 12.8. The van der Waals surface area contributed by atoms with Crippen LogP contribution in [0, 0.1) is 0 Å². The van der Waals surface area contributed by atoms with E-state index < -0.39 is 6.10 Å². The Labute approximate surface area is 125 Å². The minimum atomic E-state index is -0.598. The van der Waals surface area contributed by atoms with E-state index in [9.17, 15) is 5.11 Å². The zero-order valence-corrected chi connectivity index (χ0v) is 12.5. The van der Waals surface area contributed by atoms with Gasteiger partial charge in [-0.2, -0.15) is 0 Å². The van der Waals surface area contributed by atoms with Gasteiger partial charge in [0.15, 0.2) is 11.5 Å². The van der Waals surface area contributed by atoms with E-state index in [1.165, 1.54) is 5.56 Å². The Balaban J connectivity index is 1.92. The molecular formula is C16H22N2O3. The molecule has 1 atom stereocenters. The average molecular weight is 290 g/mol. The first-order chi connectivity index (χ1) is 10.2. The van der Waals surface area contributed by atoms with Crippen LogP contribution in [0.25, 0.3) is 0 Å². The zero-order valence-electron chi connectivity index (χ0n) is 12.5. The number of aromatic nitrogens is 2. The van der Waals surface area contributed by atoms with Crippen molar-refractivity contribution in [2.75, 3.05) is 13.7 Å². The fourth-order valence-corrected chi connectivity index (χ4v) is 2.15. The second kappa shape index (κ2) is 7.69. The molecule has 5 nitrogen and oxygen atoms in total. The minimum Gasteiger partial charge on any atom is -0.493 e. The first-order valence-electron chi connectivity index (χ1n) is 7.16. The number of methoxy groups -OCH3 is 1. The number of hydrogen-bond acceptors (Lipinski definition) is 4. The van der Waals surface area contributed by atoms with Crippen molar-refractivity contribution < 1.29 is 14.6 Å². The molecule has 0 bridgehead atoms. The van der Waals surface area contributed by atoms with Crippen molar-refractivity contribution in [3.05, 3.63) is 42.5 Å². The van der Waals surface area contributed by atoms with E-state index in [0.717, 1.165) is 12.8 Å². The van der Waals surface area contributed by atoms with Gasteiger partial charge in [-0.3, -0.25) is 0 Å². The van der Waals surface area contributed by atoms with Crippen LogP contribution >= 0.6 is 0 Å². The van der Waals surface area contributed by atoms with Gasteiger partial charge in [-0.1, -0.05) is 19.4 Å². The summed E-state index contributed by atoms with van der Waals surface area (Å²) >= 11 is 0. The molecule has 2 aromatic rings. The smallest absolute Gasteiger partial charge is 0.161 e. The van der Waals surface area contributed by atoms with Crippen molar-refractivity contribution in [1.82, 2.24) is 9.55 Å². The normalized spacial score (nSPS) is 12.1. The molecule has 21 heavy (non-hydrogen) atoms.